The number of carboxylic acid groups (broad SMARTS) is 1. The van der Waals surface area contributed by atoms with Crippen LogP contribution in [0, 0.1) is 0 Å². The molecule has 1 aromatic carbocycles. The van der Waals surface area contributed by atoms with Crippen LogP contribution in [0.15, 0.2) is 30.5 Å². The molecule has 1 heterocycles. The van der Waals surface area contributed by atoms with Gasteiger partial charge in [0.2, 0.25) is 0 Å². The monoisotopic (exact) mass is 274 g/mol. The van der Waals surface area contributed by atoms with E-state index in [0.29, 0.717) is 12.0 Å². The maximum absolute atomic E-state index is 12.3. The summed E-state index contributed by atoms with van der Waals surface area (Å²) < 4.78 is 0. The highest BCUT2D eigenvalue weighted by atomic mass is 16.4. The van der Waals surface area contributed by atoms with Crippen LogP contribution in [0.2, 0.25) is 0 Å². The minimum atomic E-state index is -0.862. The quantitative estimate of drug-likeness (QED) is 0.783. The lowest BCUT2D eigenvalue weighted by Crippen LogP contribution is -2.43. The number of fused-ring (bicyclic) bond motifs is 1. The van der Waals surface area contributed by atoms with Gasteiger partial charge < -0.3 is 15.4 Å². The number of carboxylic acids is 1. The molecule has 106 valence electrons. The average Bonchev–Trinajstić information content (AvgIpc) is 2.83. The Bertz CT molecular complexity index is 643. The highest BCUT2D eigenvalue weighted by Crippen LogP contribution is 2.19. The van der Waals surface area contributed by atoms with Crippen LogP contribution in [-0.4, -0.2) is 27.5 Å². The molecule has 1 aromatic heterocycles. The summed E-state index contributed by atoms with van der Waals surface area (Å²) in [5, 5.41) is 12.6. The first-order valence-corrected chi connectivity index (χ1v) is 6.49. The number of aromatic nitrogens is 1. The Labute approximate surface area is 117 Å². The SMILES string of the molecule is CC(C)(CCC(=O)O)NC(=O)c1cccc2cc[nH]c12. The van der Waals surface area contributed by atoms with E-state index in [9.17, 15) is 9.59 Å². The van der Waals surface area contributed by atoms with E-state index < -0.39 is 11.5 Å². The number of carbonyl (C=O) groups is 2. The molecule has 0 aliphatic rings. The molecule has 0 saturated carbocycles. The Morgan fingerprint density at radius 2 is 2.05 bits per heavy atom. The first-order chi connectivity index (χ1) is 9.39. The van der Waals surface area contributed by atoms with Crippen LogP contribution in [0.3, 0.4) is 0 Å². The summed E-state index contributed by atoms with van der Waals surface area (Å²) in [6.45, 7) is 3.64. The van der Waals surface area contributed by atoms with Gasteiger partial charge in [-0.15, -0.1) is 0 Å². The van der Waals surface area contributed by atoms with Crippen molar-refractivity contribution in [2.45, 2.75) is 32.2 Å². The van der Waals surface area contributed by atoms with Gasteiger partial charge in [0.25, 0.3) is 5.91 Å². The molecule has 1 amide bonds. The number of nitrogens with one attached hydrogen (secondary N) is 2. The third-order valence-electron chi connectivity index (χ3n) is 3.25. The molecule has 0 atom stereocenters. The number of benzene rings is 1. The fourth-order valence-electron chi connectivity index (χ4n) is 2.13. The molecular formula is C15H18N2O3. The summed E-state index contributed by atoms with van der Waals surface area (Å²) in [5.74, 6) is -1.06. The van der Waals surface area contributed by atoms with Gasteiger partial charge in [-0.2, -0.15) is 0 Å². The molecule has 0 unspecified atom stereocenters. The molecule has 0 aliphatic heterocycles. The normalized spacial score (nSPS) is 11.5. The number of rotatable bonds is 5. The minimum absolute atomic E-state index is 0.0278. The van der Waals surface area contributed by atoms with Crippen LogP contribution >= 0.6 is 0 Å². The predicted octanol–water partition coefficient (Wildman–Crippen LogP) is 2.54. The van der Waals surface area contributed by atoms with Crippen molar-refractivity contribution in [3.05, 3.63) is 36.0 Å². The molecule has 0 radical (unpaired) electrons. The van der Waals surface area contributed by atoms with E-state index in [0.717, 1.165) is 10.9 Å². The van der Waals surface area contributed by atoms with Gasteiger partial charge in [0, 0.05) is 23.5 Å². The lowest BCUT2D eigenvalue weighted by molar-refractivity contribution is -0.137. The summed E-state index contributed by atoms with van der Waals surface area (Å²) >= 11 is 0. The highest BCUT2D eigenvalue weighted by Gasteiger charge is 2.23. The Balaban J connectivity index is 2.15. The van der Waals surface area contributed by atoms with Crippen LogP contribution in [-0.2, 0) is 4.79 Å². The van der Waals surface area contributed by atoms with Gasteiger partial charge in [-0.05, 0) is 32.4 Å². The zero-order chi connectivity index (χ0) is 14.8. The third-order valence-corrected chi connectivity index (χ3v) is 3.25. The summed E-state index contributed by atoms with van der Waals surface area (Å²) in [5.41, 5.74) is 0.791. The number of amides is 1. The van der Waals surface area contributed by atoms with E-state index in [2.05, 4.69) is 10.3 Å². The van der Waals surface area contributed by atoms with E-state index in [-0.39, 0.29) is 12.3 Å². The smallest absolute Gasteiger partial charge is 0.303 e. The second kappa shape index (κ2) is 5.36. The molecule has 5 heteroatoms. The Kier molecular flexibility index (Phi) is 3.79. The highest BCUT2D eigenvalue weighted by molar-refractivity contribution is 6.05. The molecule has 5 nitrogen and oxygen atoms in total. The number of H-pyrrole nitrogens is 1. The number of carbonyl (C=O) groups excluding carboxylic acids is 1. The first-order valence-electron chi connectivity index (χ1n) is 6.49. The molecule has 2 rings (SSSR count). The third kappa shape index (κ3) is 3.17. The molecule has 3 N–H and O–H groups in total. The van der Waals surface area contributed by atoms with Crippen molar-refractivity contribution in [3.8, 4) is 0 Å². The van der Waals surface area contributed by atoms with Gasteiger partial charge in [0.15, 0.2) is 0 Å². The van der Waals surface area contributed by atoms with Crippen molar-refractivity contribution < 1.29 is 14.7 Å². The Morgan fingerprint density at radius 3 is 2.75 bits per heavy atom. The minimum Gasteiger partial charge on any atom is -0.481 e. The second-order valence-electron chi connectivity index (χ2n) is 5.48. The van der Waals surface area contributed by atoms with Gasteiger partial charge in [-0.1, -0.05) is 12.1 Å². The van der Waals surface area contributed by atoms with Crippen molar-refractivity contribution in [1.82, 2.24) is 10.3 Å². The predicted molar refractivity (Wildman–Crippen MR) is 76.7 cm³/mol. The van der Waals surface area contributed by atoms with Gasteiger partial charge in [-0.25, -0.2) is 0 Å². The lowest BCUT2D eigenvalue weighted by Gasteiger charge is -2.25. The van der Waals surface area contributed by atoms with Gasteiger partial charge in [0.1, 0.15) is 0 Å². The van der Waals surface area contributed by atoms with Crippen LogP contribution < -0.4 is 5.32 Å². The average molecular weight is 274 g/mol. The first kappa shape index (κ1) is 14.1. The van der Waals surface area contributed by atoms with Crippen molar-refractivity contribution >= 4 is 22.8 Å². The summed E-state index contributed by atoms with van der Waals surface area (Å²) in [6, 6.07) is 7.41. The van der Waals surface area contributed by atoms with Crippen molar-refractivity contribution in [2.75, 3.05) is 0 Å². The number of aromatic amines is 1. The summed E-state index contributed by atoms with van der Waals surface area (Å²) in [6.07, 6.45) is 2.20. The molecule has 0 saturated heterocycles. The van der Waals surface area contributed by atoms with E-state index in [4.69, 9.17) is 5.11 Å². The van der Waals surface area contributed by atoms with E-state index in [1.165, 1.54) is 0 Å². The van der Waals surface area contributed by atoms with Gasteiger partial charge >= 0.3 is 5.97 Å². The van der Waals surface area contributed by atoms with Crippen molar-refractivity contribution in [1.29, 1.82) is 0 Å². The van der Waals surface area contributed by atoms with E-state index in [1.807, 2.05) is 32.0 Å². The van der Waals surface area contributed by atoms with Crippen LogP contribution in [0.25, 0.3) is 10.9 Å². The molecule has 0 bridgehead atoms. The van der Waals surface area contributed by atoms with Crippen LogP contribution in [0.1, 0.15) is 37.0 Å². The fraction of sp³-hybridized carbons (Fsp3) is 0.333. The summed E-state index contributed by atoms with van der Waals surface area (Å²) in [7, 11) is 0. The second-order valence-corrected chi connectivity index (χ2v) is 5.48. The number of para-hydroxylation sites is 1. The number of hydrogen-bond donors (Lipinski definition) is 3. The number of hydrogen-bond acceptors (Lipinski definition) is 2. The molecule has 2 aromatic rings. The standard InChI is InChI=1S/C15H18N2O3/c1-15(2,8-6-12(18)19)17-14(20)11-5-3-4-10-7-9-16-13(10)11/h3-5,7,9,16H,6,8H2,1-2H3,(H,17,20)(H,18,19). The maximum atomic E-state index is 12.3. The van der Waals surface area contributed by atoms with E-state index >= 15 is 0 Å². The van der Waals surface area contributed by atoms with Crippen LogP contribution in [0.4, 0.5) is 0 Å². The van der Waals surface area contributed by atoms with Gasteiger partial charge in [0.05, 0.1) is 11.1 Å². The zero-order valence-corrected chi connectivity index (χ0v) is 11.6. The zero-order valence-electron chi connectivity index (χ0n) is 11.6. The molecule has 0 spiro atoms. The van der Waals surface area contributed by atoms with Crippen molar-refractivity contribution in [3.63, 3.8) is 0 Å². The fourth-order valence-corrected chi connectivity index (χ4v) is 2.13. The van der Waals surface area contributed by atoms with Crippen LogP contribution in [0.5, 0.6) is 0 Å². The van der Waals surface area contributed by atoms with E-state index in [1.54, 1.807) is 12.3 Å². The maximum Gasteiger partial charge on any atom is 0.303 e. The lowest BCUT2D eigenvalue weighted by atomic mass is 9.97. The topological polar surface area (TPSA) is 82.2 Å². The number of aliphatic carboxylic acids is 1. The van der Waals surface area contributed by atoms with Crippen molar-refractivity contribution in [2.24, 2.45) is 0 Å². The molecule has 0 aliphatic carbocycles. The molecular weight excluding hydrogens is 256 g/mol. The van der Waals surface area contributed by atoms with Gasteiger partial charge in [-0.3, -0.25) is 9.59 Å². The Hall–Kier alpha value is -2.30. The summed E-state index contributed by atoms with van der Waals surface area (Å²) in [4.78, 5) is 26.0. The largest absolute Gasteiger partial charge is 0.481 e. The molecule has 0 fully saturated rings. The Morgan fingerprint density at radius 1 is 1.30 bits per heavy atom. The molecule has 20 heavy (non-hydrogen) atoms.